The Kier molecular flexibility index (Phi) is 4.74. The van der Waals surface area contributed by atoms with Crippen LogP contribution in [0.25, 0.3) is 0 Å². The second kappa shape index (κ2) is 6.34. The van der Waals surface area contributed by atoms with Crippen LogP contribution < -0.4 is 4.72 Å². The quantitative estimate of drug-likeness (QED) is 0.824. The van der Waals surface area contributed by atoms with Crippen molar-refractivity contribution in [2.75, 3.05) is 13.2 Å². The number of nitrogens with one attached hydrogen (secondary N) is 1. The van der Waals surface area contributed by atoms with E-state index in [0.717, 1.165) is 25.5 Å². The number of ether oxygens (including phenoxy) is 1. The Morgan fingerprint density at radius 1 is 1.45 bits per heavy atom. The van der Waals surface area contributed by atoms with E-state index in [1.807, 2.05) is 0 Å². The monoisotopic (exact) mass is 299 g/mol. The number of carboxylic acid groups (broad SMARTS) is 1. The van der Waals surface area contributed by atoms with Crippen molar-refractivity contribution in [2.45, 2.75) is 30.3 Å². The maximum Gasteiger partial charge on any atom is 0.335 e. The molecule has 0 spiro atoms. The lowest BCUT2D eigenvalue weighted by Crippen LogP contribution is -2.27. The average Bonchev–Trinajstić information content (AvgIpc) is 2.92. The summed E-state index contributed by atoms with van der Waals surface area (Å²) in [6, 6.07) is 5.30. The Labute approximate surface area is 117 Å². The Bertz CT molecular complexity index is 578. The first-order valence-electron chi connectivity index (χ1n) is 6.44. The molecule has 1 aliphatic rings. The molecule has 110 valence electrons. The molecule has 2 rings (SSSR count). The van der Waals surface area contributed by atoms with Crippen LogP contribution in [-0.2, 0) is 14.8 Å². The SMILES string of the molecule is O=C(O)c1cccc(S(=O)(=O)NCCC2CCCO2)c1. The number of rotatable bonds is 6. The molecule has 0 saturated carbocycles. The number of sulfonamides is 1. The van der Waals surface area contributed by atoms with Crippen LogP contribution in [0.4, 0.5) is 0 Å². The Balaban J connectivity index is 1.98. The predicted molar refractivity (Wildman–Crippen MR) is 72.2 cm³/mol. The molecule has 1 aromatic carbocycles. The fourth-order valence-corrected chi connectivity index (χ4v) is 3.20. The fraction of sp³-hybridized carbons (Fsp3) is 0.462. The van der Waals surface area contributed by atoms with Crippen LogP contribution in [0.2, 0.25) is 0 Å². The zero-order valence-electron chi connectivity index (χ0n) is 10.9. The molecule has 1 aromatic rings. The van der Waals surface area contributed by atoms with Crippen molar-refractivity contribution in [1.82, 2.24) is 4.72 Å². The first-order valence-corrected chi connectivity index (χ1v) is 7.92. The summed E-state index contributed by atoms with van der Waals surface area (Å²) in [4.78, 5) is 10.8. The van der Waals surface area contributed by atoms with Gasteiger partial charge in [0.05, 0.1) is 16.6 Å². The lowest BCUT2D eigenvalue weighted by atomic mass is 10.2. The fourth-order valence-electron chi connectivity index (χ4n) is 2.11. The molecule has 1 fully saturated rings. The highest BCUT2D eigenvalue weighted by Crippen LogP contribution is 2.15. The van der Waals surface area contributed by atoms with Crippen LogP contribution in [0.15, 0.2) is 29.2 Å². The van der Waals surface area contributed by atoms with Crippen LogP contribution in [-0.4, -0.2) is 38.7 Å². The third-order valence-electron chi connectivity index (χ3n) is 3.17. The molecule has 0 aliphatic carbocycles. The van der Waals surface area contributed by atoms with E-state index < -0.39 is 16.0 Å². The van der Waals surface area contributed by atoms with Gasteiger partial charge in [0.15, 0.2) is 0 Å². The molecular weight excluding hydrogens is 282 g/mol. The number of carbonyl (C=O) groups is 1. The zero-order valence-corrected chi connectivity index (χ0v) is 11.7. The van der Waals surface area contributed by atoms with E-state index in [2.05, 4.69) is 4.72 Å². The van der Waals surface area contributed by atoms with Crippen molar-refractivity contribution in [3.8, 4) is 0 Å². The third kappa shape index (κ3) is 3.78. The molecule has 0 amide bonds. The second-order valence-electron chi connectivity index (χ2n) is 4.65. The first kappa shape index (κ1) is 15.0. The Morgan fingerprint density at radius 3 is 2.90 bits per heavy atom. The molecule has 0 aromatic heterocycles. The van der Waals surface area contributed by atoms with Crippen molar-refractivity contribution >= 4 is 16.0 Å². The highest BCUT2D eigenvalue weighted by molar-refractivity contribution is 7.89. The normalized spacial score (nSPS) is 19.1. The minimum absolute atomic E-state index is 0.0373. The molecular formula is C13H17NO5S. The summed E-state index contributed by atoms with van der Waals surface area (Å²) in [6.45, 7) is 1.02. The predicted octanol–water partition coefficient (Wildman–Crippen LogP) is 1.23. The molecule has 1 saturated heterocycles. The van der Waals surface area contributed by atoms with Crippen molar-refractivity contribution in [3.63, 3.8) is 0 Å². The number of hydrogen-bond acceptors (Lipinski definition) is 4. The van der Waals surface area contributed by atoms with E-state index in [1.165, 1.54) is 18.2 Å². The number of hydrogen-bond donors (Lipinski definition) is 2. The molecule has 1 aliphatic heterocycles. The van der Waals surface area contributed by atoms with Crippen LogP contribution in [0.5, 0.6) is 0 Å². The number of aromatic carboxylic acids is 1. The van der Waals surface area contributed by atoms with Gasteiger partial charge in [-0.05, 0) is 37.5 Å². The van der Waals surface area contributed by atoms with Gasteiger partial charge in [-0.15, -0.1) is 0 Å². The Hall–Kier alpha value is -1.44. The smallest absolute Gasteiger partial charge is 0.335 e. The van der Waals surface area contributed by atoms with Gasteiger partial charge in [-0.3, -0.25) is 0 Å². The maximum atomic E-state index is 12.0. The second-order valence-corrected chi connectivity index (χ2v) is 6.42. The minimum Gasteiger partial charge on any atom is -0.478 e. The first-order chi connectivity index (χ1) is 9.49. The van der Waals surface area contributed by atoms with Gasteiger partial charge in [0.1, 0.15) is 0 Å². The van der Waals surface area contributed by atoms with Crippen LogP contribution in [0.3, 0.4) is 0 Å². The summed E-state index contributed by atoms with van der Waals surface area (Å²) in [7, 11) is -3.68. The van der Waals surface area contributed by atoms with Gasteiger partial charge in [0.2, 0.25) is 10.0 Å². The van der Waals surface area contributed by atoms with Crippen molar-refractivity contribution in [1.29, 1.82) is 0 Å². The zero-order chi connectivity index (χ0) is 14.6. The highest BCUT2D eigenvalue weighted by atomic mass is 32.2. The molecule has 1 heterocycles. The maximum absolute atomic E-state index is 12.0. The summed E-state index contributed by atoms with van der Waals surface area (Å²) in [6.07, 6.45) is 2.70. The lowest BCUT2D eigenvalue weighted by Gasteiger charge is -2.10. The van der Waals surface area contributed by atoms with Gasteiger partial charge in [0, 0.05) is 13.2 Å². The van der Waals surface area contributed by atoms with Crippen LogP contribution in [0, 0.1) is 0 Å². The van der Waals surface area contributed by atoms with Gasteiger partial charge in [-0.2, -0.15) is 0 Å². The van der Waals surface area contributed by atoms with E-state index in [9.17, 15) is 13.2 Å². The van der Waals surface area contributed by atoms with E-state index in [4.69, 9.17) is 9.84 Å². The van der Waals surface area contributed by atoms with Gasteiger partial charge in [-0.25, -0.2) is 17.9 Å². The van der Waals surface area contributed by atoms with Crippen molar-refractivity contribution in [3.05, 3.63) is 29.8 Å². The largest absolute Gasteiger partial charge is 0.478 e. The molecule has 6 nitrogen and oxygen atoms in total. The summed E-state index contributed by atoms with van der Waals surface area (Å²) < 4.78 is 32.0. The van der Waals surface area contributed by atoms with Gasteiger partial charge >= 0.3 is 5.97 Å². The standard InChI is InChI=1S/C13H17NO5S/c15-13(16)10-3-1-5-12(9-10)20(17,18)14-7-6-11-4-2-8-19-11/h1,3,5,9,11,14H,2,4,6-8H2,(H,15,16). The van der Waals surface area contributed by atoms with Gasteiger partial charge in [0.25, 0.3) is 0 Å². The molecule has 1 unspecified atom stereocenters. The summed E-state index contributed by atoms with van der Waals surface area (Å²) in [5.41, 5.74) is -0.0491. The summed E-state index contributed by atoms with van der Waals surface area (Å²) >= 11 is 0. The molecule has 0 radical (unpaired) electrons. The van der Waals surface area contributed by atoms with E-state index in [0.29, 0.717) is 6.42 Å². The Morgan fingerprint density at radius 2 is 2.25 bits per heavy atom. The molecule has 20 heavy (non-hydrogen) atoms. The summed E-state index contributed by atoms with van der Waals surface area (Å²) in [5, 5.41) is 8.86. The van der Waals surface area contributed by atoms with Crippen LogP contribution >= 0.6 is 0 Å². The van der Waals surface area contributed by atoms with Gasteiger partial charge < -0.3 is 9.84 Å². The number of carboxylic acids is 1. The van der Waals surface area contributed by atoms with E-state index in [-0.39, 0.29) is 23.1 Å². The molecule has 7 heteroatoms. The van der Waals surface area contributed by atoms with E-state index in [1.54, 1.807) is 0 Å². The summed E-state index contributed by atoms with van der Waals surface area (Å²) in [5.74, 6) is -1.15. The average molecular weight is 299 g/mol. The van der Waals surface area contributed by atoms with Crippen LogP contribution in [0.1, 0.15) is 29.6 Å². The van der Waals surface area contributed by atoms with Crippen molar-refractivity contribution < 1.29 is 23.1 Å². The third-order valence-corrected chi connectivity index (χ3v) is 4.63. The topological polar surface area (TPSA) is 92.7 Å². The minimum atomic E-state index is -3.68. The molecule has 1 atom stereocenters. The lowest BCUT2D eigenvalue weighted by molar-refractivity contribution is 0.0696. The van der Waals surface area contributed by atoms with Gasteiger partial charge in [-0.1, -0.05) is 6.07 Å². The highest BCUT2D eigenvalue weighted by Gasteiger charge is 2.18. The number of benzene rings is 1. The van der Waals surface area contributed by atoms with Crippen molar-refractivity contribution in [2.24, 2.45) is 0 Å². The molecule has 0 bridgehead atoms. The molecule has 2 N–H and O–H groups in total. The van der Waals surface area contributed by atoms with E-state index >= 15 is 0 Å².